The van der Waals surface area contributed by atoms with E-state index in [0.717, 1.165) is 0 Å². The van der Waals surface area contributed by atoms with Gasteiger partial charge in [0.25, 0.3) is 0 Å². The third-order valence-corrected chi connectivity index (χ3v) is 13.9. The van der Waals surface area contributed by atoms with Crippen molar-refractivity contribution < 1.29 is 5.21 Å². The van der Waals surface area contributed by atoms with Gasteiger partial charge < -0.3 is 5.21 Å². The Morgan fingerprint density at radius 2 is 0.537 bits per heavy atom. The maximum atomic E-state index is 11.9. The van der Waals surface area contributed by atoms with Gasteiger partial charge >= 0.3 is 0 Å². The predicted octanol–water partition coefficient (Wildman–Crippen LogP) is 2.71. The molecule has 5 heterocycles. The van der Waals surface area contributed by atoms with E-state index in [9.17, 15) is 5.21 Å². The SMILES string of the molecule is ON1C2NC3NC(NC4NC(NC5NC(NC1C1CCCCC12)C1CCCCC51)C1CCCCC41)C1CCCCC31. The summed E-state index contributed by atoms with van der Waals surface area (Å²) in [7, 11) is 0. The van der Waals surface area contributed by atoms with Gasteiger partial charge in [-0.05, 0) is 98.7 Å². The van der Waals surface area contributed by atoms with Gasteiger partial charge in [0.1, 0.15) is 0 Å². The van der Waals surface area contributed by atoms with Gasteiger partial charge in [0, 0.05) is 0 Å². The molecule has 0 aromatic carbocycles. The lowest BCUT2D eigenvalue weighted by Crippen LogP contribution is -2.62. The summed E-state index contributed by atoms with van der Waals surface area (Å²) in [6.45, 7) is 0. The predicted molar refractivity (Wildman–Crippen MR) is 158 cm³/mol. The minimum Gasteiger partial charge on any atom is -0.311 e. The van der Waals surface area contributed by atoms with Gasteiger partial charge in [-0.3, -0.25) is 37.2 Å². The van der Waals surface area contributed by atoms with Crippen molar-refractivity contribution in [2.75, 3.05) is 0 Å². The zero-order valence-corrected chi connectivity index (χ0v) is 24.9. The number of rotatable bonds is 0. The molecule has 5 saturated heterocycles. The van der Waals surface area contributed by atoms with Crippen molar-refractivity contribution in [3.8, 4) is 0 Å². The van der Waals surface area contributed by atoms with Crippen LogP contribution in [0.1, 0.15) is 103 Å². The maximum absolute atomic E-state index is 11.9. The monoisotopic (exact) mass is 568 g/mol. The Balaban J connectivity index is 1.07. The van der Waals surface area contributed by atoms with E-state index in [-0.39, 0.29) is 24.7 Å². The van der Waals surface area contributed by atoms with Gasteiger partial charge in [-0.25, -0.2) is 0 Å². The van der Waals surface area contributed by atoms with E-state index in [1.807, 2.05) is 0 Å². The minimum absolute atomic E-state index is 0.0266. The van der Waals surface area contributed by atoms with Crippen LogP contribution < -0.4 is 37.2 Å². The second-order valence-corrected chi connectivity index (χ2v) is 15.8. The van der Waals surface area contributed by atoms with E-state index in [1.165, 1.54) is 103 Å². The highest BCUT2D eigenvalue weighted by molar-refractivity contribution is 5.08. The molecule has 0 aromatic heterocycles. The van der Waals surface area contributed by atoms with Crippen molar-refractivity contribution in [1.29, 1.82) is 0 Å². The van der Waals surface area contributed by atoms with Gasteiger partial charge in [-0.1, -0.05) is 51.4 Å². The first-order valence-electron chi connectivity index (χ1n) is 18.0. The number of hydrogen-bond acceptors (Lipinski definition) is 9. The average molecular weight is 569 g/mol. The van der Waals surface area contributed by atoms with Crippen LogP contribution in [-0.2, 0) is 0 Å². The van der Waals surface area contributed by atoms with Gasteiger partial charge in [-0.15, -0.1) is 0 Å². The Labute approximate surface area is 246 Å². The lowest BCUT2D eigenvalue weighted by Gasteiger charge is -2.35. The van der Waals surface area contributed by atoms with Gasteiger partial charge in [0.05, 0.1) is 49.3 Å². The Morgan fingerprint density at radius 3 is 0.805 bits per heavy atom. The number of hydroxylamine groups is 2. The zero-order chi connectivity index (χ0) is 27.1. The normalized spacial score (nSPS) is 57.0. The van der Waals surface area contributed by atoms with Crippen LogP contribution in [-0.4, -0.2) is 59.6 Å². The molecular weight excluding hydrogens is 512 g/mol. The summed E-state index contributed by atoms with van der Waals surface area (Å²) in [6, 6.07) is 0. The molecular formula is C32H56N8O. The summed E-state index contributed by atoms with van der Waals surface area (Å²) in [6.07, 6.45) is 23.1. The van der Waals surface area contributed by atoms with Crippen LogP contribution in [0.2, 0.25) is 0 Å². The number of hydrogen-bond donors (Lipinski definition) is 8. The summed E-state index contributed by atoms with van der Waals surface area (Å²) < 4.78 is 0. The molecule has 8 N–H and O–H groups in total. The van der Waals surface area contributed by atoms with E-state index in [2.05, 4.69) is 37.2 Å². The molecule has 8 bridgehead atoms. The van der Waals surface area contributed by atoms with E-state index in [1.54, 1.807) is 5.06 Å². The highest BCUT2D eigenvalue weighted by atomic mass is 16.5. The maximum Gasteiger partial charge on any atom is 0.0903 e. The fourth-order valence-corrected chi connectivity index (χ4v) is 12.1. The summed E-state index contributed by atoms with van der Waals surface area (Å²) in [5.74, 6) is 5.03. The lowest BCUT2D eigenvalue weighted by atomic mass is 9.76. The summed E-state index contributed by atoms with van der Waals surface area (Å²) >= 11 is 0. The molecule has 4 aliphatic carbocycles. The second-order valence-electron chi connectivity index (χ2n) is 15.8. The van der Waals surface area contributed by atoms with E-state index in [0.29, 0.717) is 72.0 Å². The number of fused-ring (bicyclic) bond motifs is 20. The first-order valence-corrected chi connectivity index (χ1v) is 18.0. The molecule has 16 atom stereocenters. The van der Waals surface area contributed by atoms with Crippen LogP contribution >= 0.6 is 0 Å². The van der Waals surface area contributed by atoms with Crippen LogP contribution in [0.5, 0.6) is 0 Å². The molecule has 41 heavy (non-hydrogen) atoms. The standard InChI is InChI=1S/C32H56N8O/c41-40-31-23-15-7-8-16-24(23)32(40)39-30-22-14-6-4-12-20(22)28(37-30)35-26-18-10-2-1-9-17(18)25(33-26)34-27-19-11-3-5-13-21(19)29(36-27)38-31/h17-39,41H,1-16H2. The molecule has 0 amide bonds. The number of nitrogens with zero attached hydrogens (tertiary/aromatic N) is 1. The minimum atomic E-state index is 0.0266. The average Bonchev–Trinajstić information content (AvgIpc) is 3.72. The smallest absolute Gasteiger partial charge is 0.0903 e. The van der Waals surface area contributed by atoms with Gasteiger partial charge in [0.2, 0.25) is 0 Å². The largest absolute Gasteiger partial charge is 0.311 e. The highest BCUT2D eigenvalue weighted by Gasteiger charge is 2.56. The highest BCUT2D eigenvalue weighted by Crippen LogP contribution is 2.47. The van der Waals surface area contributed by atoms with E-state index >= 15 is 0 Å². The van der Waals surface area contributed by atoms with Crippen LogP contribution in [0, 0.1) is 47.3 Å². The van der Waals surface area contributed by atoms with Crippen molar-refractivity contribution in [2.24, 2.45) is 47.3 Å². The van der Waals surface area contributed by atoms with Crippen molar-refractivity contribution in [1.82, 2.24) is 42.3 Å². The first kappa shape index (κ1) is 27.0. The summed E-state index contributed by atoms with van der Waals surface area (Å²) in [5, 5.41) is 42.7. The molecule has 0 aromatic rings. The zero-order valence-electron chi connectivity index (χ0n) is 24.9. The van der Waals surface area contributed by atoms with Crippen LogP contribution in [0.4, 0.5) is 0 Å². The van der Waals surface area contributed by atoms with Crippen molar-refractivity contribution in [3.05, 3.63) is 0 Å². The van der Waals surface area contributed by atoms with Crippen LogP contribution in [0.25, 0.3) is 0 Å². The van der Waals surface area contributed by atoms with E-state index in [4.69, 9.17) is 0 Å². The van der Waals surface area contributed by atoms with Crippen LogP contribution in [0.15, 0.2) is 0 Å². The third-order valence-electron chi connectivity index (χ3n) is 13.9. The number of nitrogens with one attached hydrogen (secondary N) is 7. The quantitative estimate of drug-likeness (QED) is 0.224. The summed E-state index contributed by atoms with van der Waals surface area (Å²) in [5.41, 5.74) is 0. The molecule has 0 spiro atoms. The van der Waals surface area contributed by atoms with Crippen molar-refractivity contribution in [2.45, 2.75) is 152 Å². The Morgan fingerprint density at radius 1 is 0.317 bits per heavy atom. The molecule has 16 unspecified atom stereocenters. The van der Waals surface area contributed by atoms with Crippen molar-refractivity contribution in [3.63, 3.8) is 0 Å². The first-order chi connectivity index (χ1) is 20.2. The molecule has 5 aliphatic heterocycles. The fraction of sp³-hybridized carbons (Fsp3) is 1.00. The molecule has 9 nitrogen and oxygen atoms in total. The Bertz CT molecular complexity index is 883. The van der Waals surface area contributed by atoms with E-state index < -0.39 is 0 Å². The molecule has 230 valence electrons. The van der Waals surface area contributed by atoms with Crippen LogP contribution in [0.3, 0.4) is 0 Å². The Kier molecular flexibility index (Phi) is 7.19. The Hall–Kier alpha value is -0.360. The second kappa shape index (κ2) is 10.9. The topological polar surface area (TPSA) is 108 Å². The molecule has 9 rings (SSSR count). The lowest BCUT2D eigenvalue weighted by molar-refractivity contribution is -0.162. The molecule has 9 heteroatoms. The van der Waals surface area contributed by atoms with Crippen molar-refractivity contribution >= 4 is 0 Å². The van der Waals surface area contributed by atoms with Gasteiger partial charge in [0.15, 0.2) is 0 Å². The fourth-order valence-electron chi connectivity index (χ4n) is 12.1. The summed E-state index contributed by atoms with van der Waals surface area (Å²) in [4.78, 5) is 0. The molecule has 9 aliphatic rings. The molecule has 4 saturated carbocycles. The van der Waals surface area contributed by atoms with Gasteiger partial charge in [-0.2, -0.15) is 5.06 Å². The third kappa shape index (κ3) is 4.51. The molecule has 9 fully saturated rings. The molecule has 0 radical (unpaired) electrons.